The van der Waals surface area contributed by atoms with Gasteiger partial charge in [-0.1, -0.05) is 67.3 Å². The fourth-order valence-electron chi connectivity index (χ4n) is 5.61. The largest absolute Gasteiger partial charge is 0.343 e. The van der Waals surface area contributed by atoms with Crippen LogP contribution in [0.1, 0.15) is 57.4 Å². The molecule has 0 aromatic heterocycles. The van der Waals surface area contributed by atoms with Gasteiger partial charge in [-0.05, 0) is 64.1 Å². The molecule has 1 heterocycles. The van der Waals surface area contributed by atoms with Gasteiger partial charge in [0.05, 0.1) is 6.04 Å². The zero-order valence-electron chi connectivity index (χ0n) is 22.3. The minimum atomic E-state index is -0.600. The molecule has 1 saturated heterocycles. The van der Waals surface area contributed by atoms with Crippen LogP contribution >= 0.6 is 0 Å². The van der Waals surface area contributed by atoms with Gasteiger partial charge >= 0.3 is 0 Å². The molecule has 7 nitrogen and oxygen atoms in total. The van der Waals surface area contributed by atoms with E-state index in [1.165, 1.54) is 0 Å². The lowest BCUT2D eigenvalue weighted by molar-refractivity contribution is -0.142. The Morgan fingerprint density at radius 3 is 2.43 bits per heavy atom. The van der Waals surface area contributed by atoms with Crippen LogP contribution in [0.25, 0.3) is 11.1 Å². The number of likely N-dealkylation sites (tertiary alicyclic amines) is 1. The molecule has 3 N–H and O–H groups in total. The van der Waals surface area contributed by atoms with E-state index in [0.29, 0.717) is 13.0 Å². The Morgan fingerprint density at radius 1 is 0.946 bits per heavy atom. The van der Waals surface area contributed by atoms with Crippen LogP contribution in [0, 0.1) is 12.8 Å². The minimum Gasteiger partial charge on any atom is -0.343 e. The van der Waals surface area contributed by atoms with Gasteiger partial charge in [-0.25, -0.2) is 0 Å². The number of benzene rings is 2. The van der Waals surface area contributed by atoms with Gasteiger partial charge in [-0.3, -0.25) is 14.4 Å². The van der Waals surface area contributed by atoms with Crippen molar-refractivity contribution in [3.8, 4) is 11.1 Å². The van der Waals surface area contributed by atoms with Crippen molar-refractivity contribution in [2.75, 3.05) is 18.9 Å². The van der Waals surface area contributed by atoms with Crippen molar-refractivity contribution in [1.82, 2.24) is 15.5 Å². The summed E-state index contributed by atoms with van der Waals surface area (Å²) in [7, 11) is 1.73. The third-order valence-corrected chi connectivity index (χ3v) is 7.86. The van der Waals surface area contributed by atoms with Crippen molar-refractivity contribution >= 4 is 23.4 Å². The fourth-order valence-corrected chi connectivity index (χ4v) is 5.61. The molecule has 4 rings (SSSR count). The quantitative estimate of drug-likeness (QED) is 0.501. The SMILES string of the molecule is CN[C@@H](C)C(=O)N[C@H](C(=O)N1CCC[C@H]1C(=O)Nc1ccccc1-c1cccc(C)c1)C1CCCCC1. The van der Waals surface area contributed by atoms with Crippen molar-refractivity contribution in [3.05, 3.63) is 54.1 Å². The number of likely N-dealkylation sites (N-methyl/N-ethyl adjacent to an activating group) is 1. The molecular weight excluding hydrogens is 464 g/mol. The lowest BCUT2D eigenvalue weighted by Gasteiger charge is -2.35. The van der Waals surface area contributed by atoms with Gasteiger partial charge < -0.3 is 20.9 Å². The highest BCUT2D eigenvalue weighted by atomic mass is 16.2. The second-order valence-corrected chi connectivity index (χ2v) is 10.5. The maximum absolute atomic E-state index is 13.9. The smallest absolute Gasteiger partial charge is 0.247 e. The molecule has 0 bridgehead atoms. The van der Waals surface area contributed by atoms with Crippen LogP contribution in [-0.4, -0.2) is 54.3 Å². The number of carbonyl (C=O) groups excluding carboxylic acids is 3. The predicted octanol–water partition coefficient (Wildman–Crippen LogP) is 4.26. The van der Waals surface area contributed by atoms with E-state index in [1.54, 1.807) is 18.9 Å². The monoisotopic (exact) mass is 504 g/mol. The first-order valence-corrected chi connectivity index (χ1v) is 13.6. The topological polar surface area (TPSA) is 90.5 Å². The van der Waals surface area contributed by atoms with Crippen LogP contribution in [0.4, 0.5) is 5.69 Å². The second kappa shape index (κ2) is 12.4. The second-order valence-electron chi connectivity index (χ2n) is 10.5. The summed E-state index contributed by atoms with van der Waals surface area (Å²) in [6, 6.07) is 14.4. The summed E-state index contributed by atoms with van der Waals surface area (Å²) >= 11 is 0. The standard InChI is InChI=1S/C30H40N4O3/c1-20-11-9-14-23(19-20)24-15-7-8-16-25(24)32-29(36)26-17-10-18-34(26)30(37)27(22-12-5-4-6-13-22)33-28(35)21(2)31-3/h7-9,11,14-16,19,21-22,26-27,31H,4-6,10,12-13,17-18H2,1-3H3,(H,32,36)(H,33,35)/t21-,26-,27-/m0/s1. The molecule has 0 radical (unpaired) electrons. The van der Waals surface area contributed by atoms with E-state index in [2.05, 4.69) is 22.0 Å². The Bertz CT molecular complexity index is 1110. The first kappa shape index (κ1) is 26.9. The van der Waals surface area contributed by atoms with Crippen molar-refractivity contribution in [3.63, 3.8) is 0 Å². The number of nitrogens with one attached hydrogen (secondary N) is 3. The predicted molar refractivity (Wildman–Crippen MR) is 147 cm³/mol. The van der Waals surface area contributed by atoms with Crippen LogP contribution in [0.3, 0.4) is 0 Å². The molecule has 0 spiro atoms. The molecule has 1 aliphatic carbocycles. The summed E-state index contributed by atoms with van der Waals surface area (Å²) in [5.74, 6) is -0.393. The van der Waals surface area contributed by atoms with Crippen LogP contribution in [0.5, 0.6) is 0 Å². The molecule has 1 saturated carbocycles. The fraction of sp³-hybridized carbons (Fsp3) is 0.500. The Morgan fingerprint density at radius 2 is 1.70 bits per heavy atom. The summed E-state index contributed by atoms with van der Waals surface area (Å²) in [5, 5.41) is 9.10. The Kier molecular flexibility index (Phi) is 8.98. The summed E-state index contributed by atoms with van der Waals surface area (Å²) < 4.78 is 0. The molecule has 2 aliphatic rings. The average Bonchev–Trinajstić information content (AvgIpc) is 3.42. The number of para-hydroxylation sites is 1. The maximum Gasteiger partial charge on any atom is 0.247 e. The lowest BCUT2D eigenvalue weighted by Crippen LogP contribution is -2.57. The van der Waals surface area contributed by atoms with Crippen LogP contribution in [0.15, 0.2) is 48.5 Å². The number of hydrogen-bond donors (Lipinski definition) is 3. The summed E-state index contributed by atoms with van der Waals surface area (Å²) in [6.07, 6.45) is 6.49. The normalized spacial score (nSPS) is 19.8. The maximum atomic E-state index is 13.9. The number of hydrogen-bond acceptors (Lipinski definition) is 4. The van der Waals surface area contributed by atoms with Crippen molar-refractivity contribution in [1.29, 1.82) is 0 Å². The number of rotatable bonds is 8. The molecule has 3 amide bonds. The Balaban J connectivity index is 1.53. The number of nitrogens with zero attached hydrogens (tertiary/aromatic N) is 1. The molecule has 198 valence electrons. The van der Waals surface area contributed by atoms with Gasteiger partial charge in [-0.2, -0.15) is 0 Å². The van der Waals surface area contributed by atoms with Crippen molar-refractivity contribution in [2.45, 2.75) is 76.9 Å². The number of carbonyl (C=O) groups is 3. The lowest BCUT2D eigenvalue weighted by atomic mass is 9.83. The first-order valence-electron chi connectivity index (χ1n) is 13.6. The van der Waals surface area contributed by atoms with Crippen LogP contribution in [0.2, 0.25) is 0 Å². The molecule has 3 atom stereocenters. The summed E-state index contributed by atoms with van der Waals surface area (Å²) in [6.45, 7) is 4.36. The third kappa shape index (κ3) is 6.39. The van der Waals surface area contributed by atoms with E-state index in [-0.39, 0.29) is 23.6 Å². The highest BCUT2D eigenvalue weighted by Gasteiger charge is 2.41. The number of anilines is 1. The van der Waals surface area contributed by atoms with E-state index in [9.17, 15) is 14.4 Å². The van der Waals surface area contributed by atoms with E-state index in [0.717, 1.165) is 60.9 Å². The van der Waals surface area contributed by atoms with Gasteiger partial charge in [0.2, 0.25) is 17.7 Å². The van der Waals surface area contributed by atoms with Gasteiger partial charge in [-0.15, -0.1) is 0 Å². The minimum absolute atomic E-state index is 0.0978. The average molecular weight is 505 g/mol. The van der Waals surface area contributed by atoms with Crippen molar-refractivity contribution in [2.24, 2.45) is 5.92 Å². The van der Waals surface area contributed by atoms with E-state index in [4.69, 9.17) is 0 Å². The van der Waals surface area contributed by atoms with Gasteiger partial charge in [0.15, 0.2) is 0 Å². The van der Waals surface area contributed by atoms with Gasteiger partial charge in [0.25, 0.3) is 0 Å². The highest BCUT2D eigenvalue weighted by Crippen LogP contribution is 2.31. The highest BCUT2D eigenvalue weighted by molar-refractivity contribution is 6.01. The Labute approximate surface area is 220 Å². The Hall–Kier alpha value is -3.19. The van der Waals surface area contributed by atoms with Crippen LogP contribution in [-0.2, 0) is 14.4 Å². The molecule has 1 aliphatic heterocycles. The summed E-state index contributed by atoms with van der Waals surface area (Å²) in [5.41, 5.74) is 3.87. The number of aryl methyl sites for hydroxylation is 1. The zero-order valence-corrected chi connectivity index (χ0v) is 22.3. The summed E-state index contributed by atoms with van der Waals surface area (Å²) in [4.78, 5) is 41.9. The molecule has 37 heavy (non-hydrogen) atoms. The number of amides is 3. The van der Waals surface area contributed by atoms with E-state index in [1.807, 2.05) is 49.4 Å². The molecule has 7 heteroatoms. The molecular formula is C30H40N4O3. The molecule has 2 aromatic carbocycles. The first-order chi connectivity index (χ1) is 17.9. The van der Waals surface area contributed by atoms with E-state index >= 15 is 0 Å². The third-order valence-electron chi connectivity index (χ3n) is 7.86. The molecule has 2 fully saturated rings. The molecule has 0 unspecified atom stereocenters. The van der Waals surface area contributed by atoms with Gasteiger partial charge in [0, 0.05) is 17.8 Å². The molecule has 2 aromatic rings. The van der Waals surface area contributed by atoms with E-state index < -0.39 is 18.1 Å². The van der Waals surface area contributed by atoms with Gasteiger partial charge in [0.1, 0.15) is 12.1 Å². The van der Waals surface area contributed by atoms with Crippen molar-refractivity contribution < 1.29 is 14.4 Å². The van der Waals surface area contributed by atoms with Crippen LogP contribution < -0.4 is 16.0 Å². The zero-order chi connectivity index (χ0) is 26.4.